The van der Waals surface area contributed by atoms with Crippen LogP contribution < -0.4 is 10.2 Å². The first-order chi connectivity index (χ1) is 13.3. The van der Waals surface area contributed by atoms with Crippen LogP contribution in [0, 0.1) is 5.92 Å². The topological polar surface area (TPSA) is 83.6 Å². The molecule has 1 fully saturated rings. The number of amides is 2. The molecule has 2 aliphatic rings. The minimum Gasteiger partial charge on any atom is -0.326 e. The predicted molar refractivity (Wildman–Crippen MR) is 107 cm³/mol. The highest BCUT2D eigenvalue weighted by Gasteiger charge is 2.29. The minimum absolute atomic E-state index is 0.0331. The Labute approximate surface area is 164 Å². The molecular formula is C21H22N2O4S. The van der Waals surface area contributed by atoms with E-state index in [-0.39, 0.29) is 22.6 Å². The lowest BCUT2D eigenvalue weighted by Gasteiger charge is -2.30. The fourth-order valence-electron chi connectivity index (χ4n) is 3.46. The van der Waals surface area contributed by atoms with Gasteiger partial charge < -0.3 is 10.2 Å². The lowest BCUT2D eigenvalue weighted by molar-refractivity contribution is -0.117. The summed E-state index contributed by atoms with van der Waals surface area (Å²) in [5.41, 5.74) is 2.85. The summed E-state index contributed by atoms with van der Waals surface area (Å²) in [7, 11) is -3.28. The summed E-state index contributed by atoms with van der Waals surface area (Å²) in [5.74, 6) is 0.0295. The summed E-state index contributed by atoms with van der Waals surface area (Å²) >= 11 is 0. The van der Waals surface area contributed by atoms with Crippen molar-refractivity contribution in [3.05, 3.63) is 53.6 Å². The number of carbonyl (C=O) groups is 2. The van der Waals surface area contributed by atoms with Crippen molar-refractivity contribution in [2.24, 2.45) is 5.92 Å². The van der Waals surface area contributed by atoms with E-state index in [0.717, 1.165) is 36.9 Å². The standard InChI is InChI=1S/C21H22N2O4S/c1-28(26,27)18-10-11-19-16(13-18)3-2-12-23(19)21(25)15-6-8-17(9-7-15)22-20(24)14-4-5-14/h6-11,13-14H,2-5,12H2,1H3,(H,22,24). The molecule has 1 aliphatic heterocycles. The first-order valence-electron chi connectivity index (χ1n) is 9.39. The second-order valence-electron chi connectivity index (χ2n) is 7.46. The third-order valence-electron chi connectivity index (χ3n) is 5.19. The van der Waals surface area contributed by atoms with Gasteiger partial charge in [-0.2, -0.15) is 0 Å². The van der Waals surface area contributed by atoms with Gasteiger partial charge in [-0.05, 0) is 73.7 Å². The van der Waals surface area contributed by atoms with Gasteiger partial charge in [-0.1, -0.05) is 0 Å². The van der Waals surface area contributed by atoms with Gasteiger partial charge in [0.1, 0.15) is 0 Å². The molecule has 2 amide bonds. The maximum atomic E-state index is 13.0. The Morgan fingerprint density at radius 1 is 1.07 bits per heavy atom. The SMILES string of the molecule is CS(=O)(=O)c1ccc2c(c1)CCCN2C(=O)c1ccc(NC(=O)C2CC2)cc1. The molecule has 1 saturated carbocycles. The number of fused-ring (bicyclic) bond motifs is 1. The lowest BCUT2D eigenvalue weighted by atomic mass is 10.0. The molecule has 0 bridgehead atoms. The Morgan fingerprint density at radius 3 is 2.43 bits per heavy atom. The average molecular weight is 398 g/mol. The Hall–Kier alpha value is -2.67. The largest absolute Gasteiger partial charge is 0.326 e. The number of sulfone groups is 1. The van der Waals surface area contributed by atoms with Crippen LogP contribution in [0.3, 0.4) is 0 Å². The summed E-state index contributed by atoms with van der Waals surface area (Å²) in [6, 6.07) is 11.8. The Bertz CT molecular complexity index is 1040. The normalized spacial score (nSPS) is 16.4. The lowest BCUT2D eigenvalue weighted by Crippen LogP contribution is -2.35. The maximum Gasteiger partial charge on any atom is 0.258 e. The Morgan fingerprint density at radius 2 is 1.79 bits per heavy atom. The van der Waals surface area contributed by atoms with Crippen molar-refractivity contribution in [2.75, 3.05) is 23.0 Å². The molecule has 0 unspecified atom stereocenters. The number of rotatable bonds is 4. The molecule has 6 nitrogen and oxygen atoms in total. The van der Waals surface area contributed by atoms with Crippen LogP contribution in [-0.2, 0) is 21.1 Å². The molecule has 1 aliphatic carbocycles. The van der Waals surface area contributed by atoms with Crippen molar-refractivity contribution in [1.29, 1.82) is 0 Å². The van der Waals surface area contributed by atoms with Crippen LogP contribution in [0.2, 0.25) is 0 Å². The van der Waals surface area contributed by atoms with Crippen LogP contribution in [-0.4, -0.2) is 33.0 Å². The van der Waals surface area contributed by atoms with Gasteiger partial charge in [-0.15, -0.1) is 0 Å². The highest BCUT2D eigenvalue weighted by atomic mass is 32.2. The number of nitrogens with one attached hydrogen (secondary N) is 1. The molecule has 0 radical (unpaired) electrons. The van der Waals surface area contributed by atoms with Gasteiger partial charge in [0.15, 0.2) is 9.84 Å². The van der Waals surface area contributed by atoms with E-state index in [1.54, 1.807) is 47.4 Å². The molecule has 2 aromatic carbocycles. The number of nitrogens with zero attached hydrogens (tertiary/aromatic N) is 1. The fraction of sp³-hybridized carbons (Fsp3) is 0.333. The van der Waals surface area contributed by atoms with Gasteiger partial charge in [0.05, 0.1) is 4.90 Å². The number of benzene rings is 2. The highest BCUT2D eigenvalue weighted by Crippen LogP contribution is 2.32. The number of hydrogen-bond acceptors (Lipinski definition) is 4. The smallest absolute Gasteiger partial charge is 0.258 e. The molecule has 0 atom stereocenters. The van der Waals surface area contributed by atoms with Gasteiger partial charge >= 0.3 is 0 Å². The van der Waals surface area contributed by atoms with Gasteiger partial charge in [0.25, 0.3) is 5.91 Å². The predicted octanol–water partition coefficient (Wildman–Crippen LogP) is 3.03. The molecular weight excluding hydrogens is 376 g/mol. The highest BCUT2D eigenvalue weighted by molar-refractivity contribution is 7.90. The second kappa shape index (κ2) is 7.05. The van der Waals surface area contributed by atoms with Crippen LogP contribution in [0.15, 0.2) is 47.4 Å². The number of hydrogen-bond donors (Lipinski definition) is 1. The average Bonchev–Trinajstić information content (AvgIpc) is 3.52. The van der Waals surface area contributed by atoms with E-state index in [2.05, 4.69) is 5.32 Å². The van der Waals surface area contributed by atoms with E-state index < -0.39 is 9.84 Å². The van der Waals surface area contributed by atoms with E-state index in [1.165, 1.54) is 6.26 Å². The quantitative estimate of drug-likeness (QED) is 0.858. The van der Waals surface area contributed by atoms with Crippen molar-refractivity contribution < 1.29 is 18.0 Å². The number of carbonyl (C=O) groups excluding carboxylic acids is 2. The Kier molecular flexibility index (Phi) is 4.71. The molecule has 7 heteroatoms. The first-order valence-corrected chi connectivity index (χ1v) is 11.3. The van der Waals surface area contributed by atoms with E-state index in [0.29, 0.717) is 17.8 Å². The monoisotopic (exact) mass is 398 g/mol. The molecule has 1 heterocycles. The zero-order valence-electron chi connectivity index (χ0n) is 15.6. The molecule has 146 valence electrons. The maximum absolute atomic E-state index is 13.0. The minimum atomic E-state index is -3.28. The molecule has 4 rings (SSSR count). The second-order valence-corrected chi connectivity index (χ2v) is 9.48. The third kappa shape index (κ3) is 3.80. The Balaban J connectivity index is 1.55. The van der Waals surface area contributed by atoms with Gasteiger partial charge in [0, 0.05) is 35.7 Å². The van der Waals surface area contributed by atoms with Gasteiger partial charge in [0.2, 0.25) is 5.91 Å². The van der Waals surface area contributed by atoms with Gasteiger partial charge in [-0.25, -0.2) is 8.42 Å². The number of aryl methyl sites for hydroxylation is 1. The van der Waals surface area contributed by atoms with E-state index in [4.69, 9.17) is 0 Å². The molecule has 1 N–H and O–H groups in total. The molecule has 2 aromatic rings. The summed E-state index contributed by atoms with van der Waals surface area (Å²) < 4.78 is 23.6. The van der Waals surface area contributed by atoms with Crippen molar-refractivity contribution in [1.82, 2.24) is 0 Å². The first kappa shape index (κ1) is 18.7. The van der Waals surface area contributed by atoms with Crippen LogP contribution in [0.25, 0.3) is 0 Å². The molecule has 0 aromatic heterocycles. The van der Waals surface area contributed by atoms with Crippen LogP contribution in [0.1, 0.15) is 35.2 Å². The molecule has 0 spiro atoms. The summed E-state index contributed by atoms with van der Waals surface area (Å²) in [5, 5.41) is 2.86. The van der Waals surface area contributed by atoms with Crippen LogP contribution >= 0.6 is 0 Å². The molecule has 0 saturated heterocycles. The third-order valence-corrected chi connectivity index (χ3v) is 6.30. The van der Waals surface area contributed by atoms with E-state index >= 15 is 0 Å². The van der Waals surface area contributed by atoms with Gasteiger partial charge in [-0.3, -0.25) is 9.59 Å². The molecule has 28 heavy (non-hydrogen) atoms. The van der Waals surface area contributed by atoms with E-state index in [1.807, 2.05) is 0 Å². The van der Waals surface area contributed by atoms with Crippen molar-refractivity contribution in [3.63, 3.8) is 0 Å². The fourth-order valence-corrected chi connectivity index (χ4v) is 4.13. The zero-order chi connectivity index (χ0) is 19.9. The van der Waals surface area contributed by atoms with Crippen molar-refractivity contribution in [2.45, 2.75) is 30.6 Å². The zero-order valence-corrected chi connectivity index (χ0v) is 16.5. The number of anilines is 2. The van der Waals surface area contributed by atoms with Crippen LogP contribution in [0.4, 0.5) is 11.4 Å². The van der Waals surface area contributed by atoms with Crippen molar-refractivity contribution >= 4 is 33.0 Å². The summed E-state index contributed by atoms with van der Waals surface area (Å²) in [6.07, 6.45) is 4.59. The summed E-state index contributed by atoms with van der Waals surface area (Å²) in [4.78, 5) is 26.8. The van der Waals surface area contributed by atoms with Crippen molar-refractivity contribution in [3.8, 4) is 0 Å². The summed E-state index contributed by atoms with van der Waals surface area (Å²) in [6.45, 7) is 0.588. The van der Waals surface area contributed by atoms with E-state index in [9.17, 15) is 18.0 Å². The van der Waals surface area contributed by atoms with Crippen LogP contribution in [0.5, 0.6) is 0 Å².